The first-order chi connectivity index (χ1) is 13.1. The van der Waals surface area contributed by atoms with E-state index in [9.17, 15) is 18.4 Å². The number of thioether (sulfide) groups is 1. The fourth-order valence-corrected chi connectivity index (χ4v) is 3.91. The van der Waals surface area contributed by atoms with Crippen molar-refractivity contribution in [2.75, 3.05) is 0 Å². The van der Waals surface area contributed by atoms with Gasteiger partial charge in [-0.2, -0.15) is 18.4 Å². The molecule has 3 aromatic rings. The number of nitrogens with zero attached hydrogens (tertiary/aromatic N) is 2. The summed E-state index contributed by atoms with van der Waals surface area (Å²) in [6, 6.07) is 16.4. The Balaban J connectivity index is 2.06. The second kappa shape index (κ2) is 7.48. The Labute approximate surface area is 166 Å². The Hall–Kier alpha value is -2.52. The van der Waals surface area contributed by atoms with E-state index in [0.717, 1.165) is 22.4 Å². The van der Waals surface area contributed by atoms with Crippen molar-refractivity contribution in [2.24, 2.45) is 0 Å². The highest BCUT2D eigenvalue weighted by Gasteiger charge is 2.37. The van der Waals surface area contributed by atoms with Gasteiger partial charge in [0.15, 0.2) is 0 Å². The zero-order valence-electron chi connectivity index (χ0n) is 15.8. The summed E-state index contributed by atoms with van der Waals surface area (Å²) < 4.78 is 40.7. The van der Waals surface area contributed by atoms with E-state index in [1.165, 1.54) is 11.8 Å². The normalized spacial score (nSPS) is 12.2. The van der Waals surface area contributed by atoms with Crippen molar-refractivity contribution in [3.8, 4) is 6.07 Å². The van der Waals surface area contributed by atoms with Gasteiger partial charge in [0.05, 0.1) is 11.1 Å². The Morgan fingerprint density at radius 2 is 1.71 bits per heavy atom. The van der Waals surface area contributed by atoms with Crippen molar-refractivity contribution in [3.63, 3.8) is 0 Å². The van der Waals surface area contributed by atoms with Gasteiger partial charge in [-0.3, -0.25) is 0 Å². The third-order valence-corrected chi connectivity index (χ3v) is 5.44. The van der Waals surface area contributed by atoms with Crippen molar-refractivity contribution in [1.29, 1.82) is 5.26 Å². The van der Waals surface area contributed by atoms with Crippen LogP contribution in [0.2, 0.25) is 0 Å². The molecule has 2 aromatic carbocycles. The Bertz CT molecular complexity index is 1050. The second-order valence-electron chi connectivity index (χ2n) is 7.52. The summed E-state index contributed by atoms with van der Waals surface area (Å²) in [6.45, 7) is 5.42. The zero-order chi connectivity index (χ0) is 20.5. The molecule has 28 heavy (non-hydrogen) atoms. The van der Waals surface area contributed by atoms with Gasteiger partial charge in [-0.25, -0.2) is 4.98 Å². The molecular weight excluding hydrogens is 381 g/mol. The minimum atomic E-state index is -4.61. The zero-order valence-corrected chi connectivity index (χ0v) is 16.6. The number of hydrogen-bond acceptors (Lipinski definition) is 3. The number of hydrogen-bond donors (Lipinski definition) is 0. The Morgan fingerprint density at radius 1 is 1.04 bits per heavy atom. The smallest absolute Gasteiger partial charge is 0.245 e. The van der Waals surface area contributed by atoms with Crippen LogP contribution in [-0.2, 0) is 17.3 Å². The molecule has 0 bridgehead atoms. The van der Waals surface area contributed by atoms with E-state index in [2.05, 4.69) is 4.98 Å². The first-order valence-corrected chi connectivity index (χ1v) is 9.72. The molecule has 0 atom stereocenters. The van der Waals surface area contributed by atoms with Gasteiger partial charge in [-0.1, -0.05) is 63.2 Å². The molecule has 0 amide bonds. The van der Waals surface area contributed by atoms with Crippen LogP contribution in [-0.4, -0.2) is 4.98 Å². The van der Waals surface area contributed by atoms with Crippen molar-refractivity contribution in [1.82, 2.24) is 4.98 Å². The first kappa shape index (κ1) is 20.2. The maximum absolute atomic E-state index is 13.6. The lowest BCUT2D eigenvalue weighted by atomic mass is 9.90. The van der Waals surface area contributed by atoms with Crippen molar-refractivity contribution >= 4 is 22.5 Å². The fourth-order valence-electron chi connectivity index (χ4n) is 2.91. The largest absolute Gasteiger partial charge is 0.417 e. The minimum Gasteiger partial charge on any atom is -0.245 e. The van der Waals surface area contributed by atoms with Crippen molar-refractivity contribution in [3.05, 3.63) is 70.9 Å². The number of halogens is 3. The highest BCUT2D eigenvalue weighted by molar-refractivity contribution is 7.98. The molecule has 144 valence electrons. The molecular formula is C22H19F3N2S. The van der Waals surface area contributed by atoms with E-state index >= 15 is 0 Å². The number of pyridine rings is 1. The van der Waals surface area contributed by atoms with E-state index in [4.69, 9.17) is 0 Å². The third-order valence-electron chi connectivity index (χ3n) is 4.42. The summed E-state index contributed by atoms with van der Waals surface area (Å²) in [6.07, 6.45) is -4.61. The van der Waals surface area contributed by atoms with Crippen LogP contribution in [0, 0.1) is 11.3 Å². The summed E-state index contributed by atoms with van der Waals surface area (Å²) in [7, 11) is 0. The summed E-state index contributed by atoms with van der Waals surface area (Å²) in [5.41, 5.74) is -0.591. The van der Waals surface area contributed by atoms with E-state index in [1.807, 2.05) is 42.5 Å². The van der Waals surface area contributed by atoms with Crippen LogP contribution < -0.4 is 0 Å². The molecule has 0 aliphatic carbocycles. The van der Waals surface area contributed by atoms with Gasteiger partial charge >= 0.3 is 6.18 Å². The maximum Gasteiger partial charge on any atom is 0.417 e. The van der Waals surface area contributed by atoms with Crippen molar-refractivity contribution < 1.29 is 13.2 Å². The summed E-state index contributed by atoms with van der Waals surface area (Å²) in [5, 5.41) is 11.6. The first-order valence-electron chi connectivity index (χ1n) is 8.73. The lowest BCUT2D eigenvalue weighted by Crippen LogP contribution is -2.18. The van der Waals surface area contributed by atoms with Gasteiger partial charge in [0.1, 0.15) is 11.1 Å². The van der Waals surface area contributed by atoms with Crippen molar-refractivity contribution in [2.45, 2.75) is 43.1 Å². The van der Waals surface area contributed by atoms with Gasteiger partial charge in [-0.05, 0) is 22.4 Å². The summed E-state index contributed by atoms with van der Waals surface area (Å²) in [5.74, 6) is 0.425. The van der Waals surface area contributed by atoms with Crippen LogP contribution in [0.5, 0.6) is 0 Å². The molecule has 0 radical (unpaired) electrons. The molecule has 0 aliphatic heterocycles. The third kappa shape index (κ3) is 4.15. The number of aromatic nitrogens is 1. The Morgan fingerprint density at radius 3 is 2.36 bits per heavy atom. The van der Waals surface area contributed by atoms with Crippen LogP contribution in [0.4, 0.5) is 13.2 Å². The van der Waals surface area contributed by atoms with Crippen LogP contribution in [0.1, 0.15) is 43.2 Å². The number of fused-ring (bicyclic) bond motifs is 1. The predicted octanol–water partition coefficient (Wildman–Crippen LogP) is 6.72. The second-order valence-corrected chi connectivity index (χ2v) is 8.49. The Kier molecular flexibility index (Phi) is 5.40. The summed E-state index contributed by atoms with van der Waals surface area (Å²) in [4.78, 5) is 4.42. The minimum absolute atomic E-state index is 0.121. The molecule has 1 heterocycles. The monoisotopic (exact) mass is 400 g/mol. The lowest BCUT2D eigenvalue weighted by Gasteiger charge is -2.21. The molecule has 2 nitrogen and oxygen atoms in total. The van der Waals surface area contributed by atoms with E-state index < -0.39 is 22.7 Å². The standard InChI is InChI=1S/C22H19F3N2S/c1-21(2,3)19-11-18(22(23,24)25)17(12-26)20(27-19)28-13-15-9-6-8-14-7-4-5-10-16(14)15/h4-11H,13H2,1-3H3. The van der Waals surface area contributed by atoms with E-state index in [-0.39, 0.29) is 5.03 Å². The van der Waals surface area contributed by atoms with Gasteiger partial charge in [0.2, 0.25) is 0 Å². The van der Waals surface area contributed by atoms with Crippen LogP contribution >= 0.6 is 11.8 Å². The van der Waals surface area contributed by atoms with Gasteiger partial charge < -0.3 is 0 Å². The fraction of sp³-hybridized carbons (Fsp3) is 0.273. The molecule has 0 N–H and O–H groups in total. The van der Waals surface area contributed by atoms with Gasteiger partial charge in [-0.15, -0.1) is 11.8 Å². The van der Waals surface area contributed by atoms with Gasteiger partial charge in [0, 0.05) is 16.9 Å². The topological polar surface area (TPSA) is 36.7 Å². The van der Waals surface area contributed by atoms with E-state index in [1.54, 1.807) is 26.8 Å². The highest BCUT2D eigenvalue weighted by Crippen LogP contribution is 2.39. The van der Waals surface area contributed by atoms with Crippen LogP contribution in [0.3, 0.4) is 0 Å². The molecule has 0 unspecified atom stereocenters. The lowest BCUT2D eigenvalue weighted by molar-refractivity contribution is -0.138. The number of rotatable bonds is 3. The van der Waals surface area contributed by atoms with Crippen LogP contribution in [0.15, 0.2) is 53.6 Å². The quantitative estimate of drug-likeness (QED) is 0.458. The average molecular weight is 400 g/mol. The molecule has 0 fully saturated rings. The van der Waals surface area contributed by atoms with Gasteiger partial charge in [0.25, 0.3) is 0 Å². The number of nitriles is 1. The number of benzene rings is 2. The van der Waals surface area contributed by atoms with E-state index in [0.29, 0.717) is 11.4 Å². The molecule has 3 rings (SSSR count). The molecule has 6 heteroatoms. The van der Waals surface area contributed by atoms with Crippen LogP contribution in [0.25, 0.3) is 10.8 Å². The maximum atomic E-state index is 13.6. The average Bonchev–Trinajstić information content (AvgIpc) is 2.64. The molecule has 0 saturated carbocycles. The number of alkyl halides is 3. The predicted molar refractivity (Wildman–Crippen MR) is 106 cm³/mol. The molecule has 0 aliphatic rings. The molecule has 0 spiro atoms. The summed E-state index contributed by atoms with van der Waals surface area (Å²) >= 11 is 1.17. The molecule has 1 aromatic heterocycles. The highest BCUT2D eigenvalue weighted by atomic mass is 32.2. The molecule has 0 saturated heterocycles. The SMILES string of the molecule is CC(C)(C)c1cc(C(F)(F)F)c(C#N)c(SCc2cccc3ccccc23)n1.